The van der Waals surface area contributed by atoms with Crippen LogP contribution in [0.15, 0.2) is 0 Å². The maximum absolute atomic E-state index is 9.53. The van der Waals surface area contributed by atoms with Gasteiger partial charge in [0.15, 0.2) is 6.29 Å². The summed E-state index contributed by atoms with van der Waals surface area (Å²) in [6.45, 7) is 2.73. The molecule has 1 saturated heterocycles. The van der Waals surface area contributed by atoms with E-state index in [9.17, 15) is 10.2 Å². The van der Waals surface area contributed by atoms with Gasteiger partial charge in [-0.2, -0.15) is 0 Å². The summed E-state index contributed by atoms with van der Waals surface area (Å²) in [6, 6.07) is 0. The lowest BCUT2D eigenvalue weighted by Gasteiger charge is -2.36. The molecule has 1 fully saturated rings. The Morgan fingerprint density at radius 1 is 1.50 bits per heavy atom. The molecule has 5 heteroatoms. The van der Waals surface area contributed by atoms with E-state index in [0.717, 1.165) is 0 Å². The highest BCUT2D eigenvalue weighted by Crippen LogP contribution is 2.22. The monoisotopic (exact) mass is 205 g/mol. The lowest BCUT2D eigenvalue weighted by molar-refractivity contribution is -0.249. The molecule has 5 nitrogen and oxygen atoms in total. The number of aliphatic hydroxyl groups is 2. The van der Waals surface area contributed by atoms with E-state index >= 15 is 0 Å². The zero-order valence-corrected chi connectivity index (χ0v) is 8.43. The minimum absolute atomic E-state index is 0.303. The number of hydrogen-bond donors (Lipinski definition) is 3. The van der Waals surface area contributed by atoms with Crippen LogP contribution in [0.3, 0.4) is 0 Å². The zero-order chi connectivity index (χ0) is 10.6. The molecule has 1 aliphatic heterocycles. The van der Waals surface area contributed by atoms with Crippen LogP contribution in [0.1, 0.15) is 19.8 Å². The molecule has 0 bridgehead atoms. The normalized spacial score (nSPS) is 38.6. The van der Waals surface area contributed by atoms with Gasteiger partial charge in [0, 0.05) is 13.0 Å². The first-order chi connectivity index (χ1) is 6.69. The van der Waals surface area contributed by atoms with Crippen molar-refractivity contribution in [3.8, 4) is 0 Å². The molecule has 84 valence electrons. The van der Waals surface area contributed by atoms with Gasteiger partial charge in [-0.15, -0.1) is 0 Å². The van der Waals surface area contributed by atoms with E-state index < -0.39 is 18.5 Å². The van der Waals surface area contributed by atoms with Crippen LogP contribution in [0.2, 0.25) is 0 Å². The van der Waals surface area contributed by atoms with E-state index in [1.807, 2.05) is 6.92 Å². The molecule has 14 heavy (non-hydrogen) atoms. The largest absolute Gasteiger partial charge is 0.390 e. The van der Waals surface area contributed by atoms with Crippen LogP contribution in [0.5, 0.6) is 0 Å². The predicted octanol–water partition coefficient (Wildman–Crippen LogP) is -0.791. The first-order valence-corrected chi connectivity index (χ1v) is 5.02. The van der Waals surface area contributed by atoms with Crippen molar-refractivity contribution in [1.82, 2.24) is 0 Å². The summed E-state index contributed by atoms with van der Waals surface area (Å²) in [6.07, 6.45) is -1.41. The molecule has 0 spiro atoms. The molecule has 0 aromatic carbocycles. The summed E-state index contributed by atoms with van der Waals surface area (Å²) < 4.78 is 10.7. The Labute approximate surface area is 83.8 Å². The summed E-state index contributed by atoms with van der Waals surface area (Å²) in [5.41, 5.74) is 5.28. The van der Waals surface area contributed by atoms with Crippen LogP contribution in [-0.4, -0.2) is 48.0 Å². The lowest BCUT2D eigenvalue weighted by atomic mass is 10.00. The van der Waals surface area contributed by atoms with Crippen molar-refractivity contribution < 1.29 is 19.7 Å². The van der Waals surface area contributed by atoms with Gasteiger partial charge in [0.1, 0.15) is 6.10 Å². The smallest absolute Gasteiger partial charge is 0.160 e. The zero-order valence-electron chi connectivity index (χ0n) is 8.43. The molecule has 0 amide bonds. The molecule has 1 aliphatic rings. The van der Waals surface area contributed by atoms with Gasteiger partial charge in [0.05, 0.1) is 18.8 Å². The summed E-state index contributed by atoms with van der Waals surface area (Å²) >= 11 is 0. The molecular weight excluding hydrogens is 186 g/mol. The molecule has 0 radical (unpaired) electrons. The second kappa shape index (κ2) is 5.63. The number of aliphatic hydroxyl groups excluding tert-OH is 2. The third-order valence-electron chi connectivity index (χ3n) is 2.36. The summed E-state index contributed by atoms with van der Waals surface area (Å²) in [5.74, 6) is 0. The number of hydrogen-bond acceptors (Lipinski definition) is 5. The van der Waals surface area contributed by atoms with Gasteiger partial charge in [0.25, 0.3) is 0 Å². The second-order valence-electron chi connectivity index (χ2n) is 3.47. The second-order valence-corrected chi connectivity index (χ2v) is 3.47. The highest BCUT2D eigenvalue weighted by Gasteiger charge is 2.35. The Hall–Kier alpha value is -0.200. The minimum atomic E-state index is -0.808. The summed E-state index contributed by atoms with van der Waals surface area (Å²) in [4.78, 5) is 0. The SMILES string of the molecule is CCC1O[C@H](OCCN)CC(O)[C@@H]1O. The number of rotatable bonds is 4. The van der Waals surface area contributed by atoms with E-state index in [-0.39, 0.29) is 6.10 Å². The van der Waals surface area contributed by atoms with E-state index in [4.69, 9.17) is 15.2 Å². The molecule has 0 aromatic rings. The van der Waals surface area contributed by atoms with E-state index in [1.54, 1.807) is 0 Å². The fourth-order valence-electron chi connectivity index (χ4n) is 1.56. The van der Waals surface area contributed by atoms with Crippen molar-refractivity contribution in [3.05, 3.63) is 0 Å². The Morgan fingerprint density at radius 3 is 2.79 bits per heavy atom. The van der Waals surface area contributed by atoms with Gasteiger partial charge < -0.3 is 25.4 Å². The van der Waals surface area contributed by atoms with Crippen LogP contribution in [-0.2, 0) is 9.47 Å². The Morgan fingerprint density at radius 2 is 2.21 bits per heavy atom. The molecule has 1 rings (SSSR count). The van der Waals surface area contributed by atoms with Crippen molar-refractivity contribution in [2.75, 3.05) is 13.2 Å². The van der Waals surface area contributed by atoms with Gasteiger partial charge in [-0.25, -0.2) is 0 Å². The average Bonchev–Trinajstić information content (AvgIpc) is 2.19. The first kappa shape index (κ1) is 11.9. The summed E-state index contributed by atoms with van der Waals surface area (Å²) in [5, 5.41) is 19.0. The van der Waals surface area contributed by atoms with Crippen LogP contribution in [0.25, 0.3) is 0 Å². The van der Waals surface area contributed by atoms with Crippen molar-refractivity contribution in [3.63, 3.8) is 0 Å². The van der Waals surface area contributed by atoms with Gasteiger partial charge >= 0.3 is 0 Å². The van der Waals surface area contributed by atoms with Crippen molar-refractivity contribution >= 4 is 0 Å². The molecule has 2 unspecified atom stereocenters. The van der Waals surface area contributed by atoms with E-state index in [0.29, 0.717) is 26.0 Å². The fourth-order valence-corrected chi connectivity index (χ4v) is 1.56. The molecule has 4 atom stereocenters. The molecular formula is C9H19NO4. The summed E-state index contributed by atoms with van der Waals surface area (Å²) in [7, 11) is 0. The molecule has 1 heterocycles. The van der Waals surface area contributed by atoms with Gasteiger partial charge in [-0.05, 0) is 6.42 Å². The third kappa shape index (κ3) is 2.90. The Balaban J connectivity index is 2.41. The maximum Gasteiger partial charge on any atom is 0.160 e. The molecule has 0 aromatic heterocycles. The molecule has 0 aliphatic carbocycles. The lowest BCUT2D eigenvalue weighted by Crippen LogP contribution is -2.48. The van der Waals surface area contributed by atoms with Gasteiger partial charge in [-0.3, -0.25) is 0 Å². The number of ether oxygens (including phenoxy) is 2. The maximum atomic E-state index is 9.53. The molecule has 4 N–H and O–H groups in total. The Kier molecular flexibility index (Phi) is 4.77. The van der Waals surface area contributed by atoms with Crippen LogP contribution >= 0.6 is 0 Å². The predicted molar refractivity (Wildman–Crippen MR) is 50.6 cm³/mol. The fraction of sp³-hybridized carbons (Fsp3) is 1.00. The topological polar surface area (TPSA) is 84.9 Å². The highest BCUT2D eigenvalue weighted by atomic mass is 16.7. The van der Waals surface area contributed by atoms with E-state index in [1.165, 1.54) is 0 Å². The highest BCUT2D eigenvalue weighted by molar-refractivity contribution is 4.81. The molecule has 0 saturated carbocycles. The van der Waals surface area contributed by atoms with Crippen LogP contribution in [0.4, 0.5) is 0 Å². The van der Waals surface area contributed by atoms with Crippen LogP contribution in [0, 0.1) is 0 Å². The van der Waals surface area contributed by atoms with Gasteiger partial charge in [0.2, 0.25) is 0 Å². The number of nitrogens with two attached hydrogens (primary N) is 1. The van der Waals surface area contributed by atoms with Gasteiger partial charge in [-0.1, -0.05) is 6.92 Å². The third-order valence-corrected chi connectivity index (χ3v) is 2.36. The van der Waals surface area contributed by atoms with Crippen molar-refractivity contribution in [2.45, 2.75) is 44.4 Å². The average molecular weight is 205 g/mol. The Bertz CT molecular complexity index is 167. The standard InChI is InChI=1S/C9H19NO4/c1-2-7-9(12)6(11)5-8(14-7)13-4-3-10/h6-9,11-12H,2-5,10H2,1H3/t6?,7?,8-,9-/m0/s1. The minimum Gasteiger partial charge on any atom is -0.390 e. The quantitative estimate of drug-likeness (QED) is 0.560. The first-order valence-electron chi connectivity index (χ1n) is 5.02. The van der Waals surface area contributed by atoms with Crippen molar-refractivity contribution in [1.29, 1.82) is 0 Å². The van der Waals surface area contributed by atoms with Crippen LogP contribution < -0.4 is 5.73 Å². The van der Waals surface area contributed by atoms with Crippen molar-refractivity contribution in [2.24, 2.45) is 5.73 Å². The van der Waals surface area contributed by atoms with E-state index in [2.05, 4.69) is 0 Å².